The van der Waals surface area contributed by atoms with E-state index in [1.54, 1.807) is 18.3 Å². The van der Waals surface area contributed by atoms with Crippen molar-refractivity contribution in [1.29, 1.82) is 0 Å². The highest BCUT2D eigenvalue weighted by Crippen LogP contribution is 2.23. The quantitative estimate of drug-likeness (QED) is 0.747. The van der Waals surface area contributed by atoms with E-state index >= 15 is 0 Å². The van der Waals surface area contributed by atoms with Crippen LogP contribution in [0, 0.1) is 0 Å². The maximum atomic E-state index is 12.3. The molecule has 138 valence electrons. The van der Waals surface area contributed by atoms with Crippen LogP contribution in [0.15, 0.2) is 18.3 Å². The van der Waals surface area contributed by atoms with Gasteiger partial charge in [0.1, 0.15) is 11.7 Å². The number of carbonyl (C=O) groups excluding carboxylic acids is 1. The number of hydrogen-bond acceptors (Lipinski definition) is 6. The molecule has 1 amide bonds. The highest BCUT2D eigenvalue weighted by Gasteiger charge is 2.28. The number of rotatable bonds is 4. The number of fused-ring (bicyclic) bond motifs is 1. The molecular formula is C16H23N3O6. The summed E-state index contributed by atoms with van der Waals surface area (Å²) < 4.78 is 5.91. The molecule has 0 fully saturated rings. The number of aromatic nitrogens is 1. The summed E-state index contributed by atoms with van der Waals surface area (Å²) in [4.78, 5) is 38.7. The third kappa shape index (κ3) is 6.38. The summed E-state index contributed by atoms with van der Waals surface area (Å²) in [6.45, 7) is 4.23. The van der Waals surface area contributed by atoms with Gasteiger partial charge in [-0.3, -0.25) is 4.79 Å². The minimum Gasteiger partial charge on any atom is -0.473 e. The lowest BCUT2D eigenvalue weighted by Gasteiger charge is -2.23. The highest BCUT2D eigenvalue weighted by atomic mass is 16.5. The first-order chi connectivity index (χ1) is 11.8. The zero-order chi connectivity index (χ0) is 19.0. The van der Waals surface area contributed by atoms with E-state index < -0.39 is 11.9 Å². The molecule has 2 N–H and O–H groups in total. The fourth-order valence-corrected chi connectivity index (χ4v) is 2.17. The van der Waals surface area contributed by atoms with Gasteiger partial charge in [0, 0.05) is 19.3 Å². The second-order valence-electron chi connectivity index (χ2n) is 5.64. The molecule has 1 aliphatic heterocycles. The summed E-state index contributed by atoms with van der Waals surface area (Å²) in [6.07, 6.45) is 2.55. The van der Waals surface area contributed by atoms with Gasteiger partial charge in [-0.15, -0.1) is 0 Å². The molecular weight excluding hydrogens is 330 g/mol. The molecule has 0 bridgehead atoms. The van der Waals surface area contributed by atoms with Gasteiger partial charge in [-0.25, -0.2) is 14.6 Å². The topological polar surface area (TPSA) is 120 Å². The van der Waals surface area contributed by atoms with Crippen LogP contribution in [0.3, 0.4) is 0 Å². The van der Waals surface area contributed by atoms with Crippen LogP contribution < -0.4 is 4.74 Å². The monoisotopic (exact) mass is 353 g/mol. The average molecular weight is 353 g/mol. The molecule has 0 saturated carbocycles. The zero-order valence-corrected chi connectivity index (χ0v) is 14.5. The summed E-state index contributed by atoms with van der Waals surface area (Å²) in [5.41, 5.74) is 0.566. The van der Waals surface area contributed by atoms with Crippen molar-refractivity contribution in [3.05, 3.63) is 23.9 Å². The summed E-state index contributed by atoms with van der Waals surface area (Å²) in [7, 11) is 4.07. The Morgan fingerprint density at radius 2 is 2.00 bits per heavy atom. The minimum atomic E-state index is -1.82. The largest absolute Gasteiger partial charge is 0.473 e. The predicted molar refractivity (Wildman–Crippen MR) is 88.7 cm³/mol. The van der Waals surface area contributed by atoms with Gasteiger partial charge in [-0.05, 0) is 39.6 Å². The molecule has 0 spiro atoms. The molecule has 0 aromatic carbocycles. The van der Waals surface area contributed by atoms with Crippen LogP contribution in [0.2, 0.25) is 0 Å². The van der Waals surface area contributed by atoms with Crippen molar-refractivity contribution in [2.24, 2.45) is 0 Å². The van der Waals surface area contributed by atoms with E-state index in [4.69, 9.17) is 24.5 Å². The van der Waals surface area contributed by atoms with Crippen molar-refractivity contribution in [2.45, 2.75) is 19.4 Å². The number of aliphatic carboxylic acids is 2. The Morgan fingerprint density at radius 3 is 2.52 bits per heavy atom. The Hall–Kier alpha value is -2.68. The smallest absolute Gasteiger partial charge is 0.414 e. The predicted octanol–water partition coefficient (Wildman–Crippen LogP) is 0.412. The van der Waals surface area contributed by atoms with Gasteiger partial charge in [0.15, 0.2) is 0 Å². The van der Waals surface area contributed by atoms with Gasteiger partial charge >= 0.3 is 11.9 Å². The molecule has 25 heavy (non-hydrogen) atoms. The van der Waals surface area contributed by atoms with E-state index in [0.29, 0.717) is 24.5 Å². The first kappa shape index (κ1) is 20.4. The molecule has 1 aromatic heterocycles. The number of hydrogen-bond donors (Lipinski definition) is 2. The number of likely N-dealkylation sites (N-methyl/N-ethyl adjacent to an activating group) is 1. The van der Waals surface area contributed by atoms with E-state index in [0.717, 1.165) is 13.0 Å². The number of carbonyl (C=O) groups is 3. The Labute approximate surface area is 145 Å². The number of pyridine rings is 1. The fraction of sp³-hybridized carbons (Fsp3) is 0.500. The first-order valence-corrected chi connectivity index (χ1v) is 7.78. The third-order valence-electron chi connectivity index (χ3n) is 3.45. The molecule has 1 unspecified atom stereocenters. The Kier molecular flexibility index (Phi) is 7.80. The third-order valence-corrected chi connectivity index (χ3v) is 3.45. The second kappa shape index (κ2) is 9.58. The van der Waals surface area contributed by atoms with Crippen molar-refractivity contribution >= 4 is 17.8 Å². The van der Waals surface area contributed by atoms with Crippen LogP contribution >= 0.6 is 0 Å². The Morgan fingerprint density at radius 1 is 1.36 bits per heavy atom. The van der Waals surface area contributed by atoms with Crippen LogP contribution in [0.1, 0.15) is 23.7 Å². The summed E-state index contributed by atoms with van der Waals surface area (Å²) in [5.74, 6) is -3.17. The van der Waals surface area contributed by atoms with E-state index in [2.05, 4.69) is 9.88 Å². The number of carboxylic acids is 2. The van der Waals surface area contributed by atoms with Crippen LogP contribution in [0.25, 0.3) is 0 Å². The Balaban J connectivity index is 0.000000450. The van der Waals surface area contributed by atoms with Crippen molar-refractivity contribution in [3.8, 4) is 5.88 Å². The second-order valence-corrected chi connectivity index (χ2v) is 5.64. The van der Waals surface area contributed by atoms with Crippen molar-refractivity contribution in [2.75, 3.05) is 33.7 Å². The average Bonchev–Trinajstić information content (AvgIpc) is 2.70. The first-order valence-electron chi connectivity index (χ1n) is 7.78. The summed E-state index contributed by atoms with van der Waals surface area (Å²) >= 11 is 0. The molecule has 2 rings (SSSR count). The summed E-state index contributed by atoms with van der Waals surface area (Å²) in [5, 5.41) is 14.8. The van der Waals surface area contributed by atoms with Crippen molar-refractivity contribution < 1.29 is 29.3 Å². The van der Waals surface area contributed by atoms with Gasteiger partial charge in [0.05, 0.1) is 6.54 Å². The molecule has 0 radical (unpaired) electrons. The van der Waals surface area contributed by atoms with E-state index in [1.807, 2.05) is 25.9 Å². The molecule has 1 aromatic rings. The molecule has 9 nitrogen and oxygen atoms in total. The maximum absolute atomic E-state index is 12.3. The normalized spacial score (nSPS) is 16.2. The molecule has 0 saturated heterocycles. The van der Waals surface area contributed by atoms with Gasteiger partial charge < -0.3 is 24.7 Å². The molecule has 0 aliphatic carbocycles. The molecule has 1 aliphatic rings. The van der Waals surface area contributed by atoms with E-state index in [9.17, 15) is 4.79 Å². The van der Waals surface area contributed by atoms with Gasteiger partial charge in [0.25, 0.3) is 5.91 Å². The SMILES string of the molecule is CCN1CC(CCN(C)C)Oc2ncccc2C1=O.O=C(O)C(=O)O. The van der Waals surface area contributed by atoms with Crippen LogP contribution in [0.5, 0.6) is 5.88 Å². The van der Waals surface area contributed by atoms with Crippen LogP contribution in [-0.4, -0.2) is 82.7 Å². The fourth-order valence-electron chi connectivity index (χ4n) is 2.17. The van der Waals surface area contributed by atoms with Crippen LogP contribution in [0.4, 0.5) is 0 Å². The number of nitrogens with zero attached hydrogens (tertiary/aromatic N) is 3. The lowest BCUT2D eigenvalue weighted by Crippen LogP contribution is -2.38. The lowest BCUT2D eigenvalue weighted by atomic mass is 10.2. The van der Waals surface area contributed by atoms with Crippen LogP contribution in [-0.2, 0) is 9.59 Å². The molecule has 2 heterocycles. The number of carboxylic acid groups (broad SMARTS) is 2. The lowest BCUT2D eigenvalue weighted by molar-refractivity contribution is -0.159. The van der Waals surface area contributed by atoms with E-state index in [-0.39, 0.29) is 12.0 Å². The van der Waals surface area contributed by atoms with Gasteiger partial charge in [0.2, 0.25) is 5.88 Å². The molecule has 1 atom stereocenters. The maximum Gasteiger partial charge on any atom is 0.414 e. The van der Waals surface area contributed by atoms with E-state index in [1.165, 1.54) is 0 Å². The minimum absolute atomic E-state index is 0.00227. The van der Waals surface area contributed by atoms with Gasteiger partial charge in [-0.1, -0.05) is 0 Å². The number of ether oxygens (including phenoxy) is 1. The molecule has 9 heteroatoms. The Bertz CT molecular complexity index is 608. The zero-order valence-electron chi connectivity index (χ0n) is 14.5. The van der Waals surface area contributed by atoms with Gasteiger partial charge in [-0.2, -0.15) is 0 Å². The number of amides is 1. The standard InChI is InChI=1S/C14H21N3O2.C2H2O4/c1-4-17-10-11(7-9-16(2)3)19-13-12(14(17)18)6-5-8-15-13;3-1(4)2(5)6/h5-6,8,11H,4,7,9-10H2,1-3H3;(H,3,4)(H,5,6). The highest BCUT2D eigenvalue weighted by molar-refractivity contribution is 6.27. The van der Waals surface area contributed by atoms with Crippen molar-refractivity contribution in [3.63, 3.8) is 0 Å². The summed E-state index contributed by atoms with van der Waals surface area (Å²) in [6, 6.07) is 3.55. The van der Waals surface area contributed by atoms with Crippen molar-refractivity contribution in [1.82, 2.24) is 14.8 Å².